The van der Waals surface area contributed by atoms with Crippen LogP contribution in [0.5, 0.6) is 0 Å². The Balaban J connectivity index is 1.91. The van der Waals surface area contributed by atoms with Gasteiger partial charge in [-0.3, -0.25) is 9.59 Å². The van der Waals surface area contributed by atoms with Crippen molar-refractivity contribution in [2.45, 2.75) is 13.8 Å². The lowest BCUT2D eigenvalue weighted by atomic mass is 9.97. The molecule has 0 saturated heterocycles. The monoisotopic (exact) mass is 483 g/mol. The van der Waals surface area contributed by atoms with E-state index in [9.17, 15) is 9.59 Å². The molecular weight excluding hydrogens is 454 g/mol. The Labute approximate surface area is 217 Å². The highest BCUT2D eigenvalue weighted by Gasteiger charge is 2.16. The Hall–Kier alpha value is -4.76. The molecule has 0 aliphatic heterocycles. The molecule has 0 saturated carbocycles. The van der Waals surface area contributed by atoms with E-state index in [-0.39, 0.29) is 16.9 Å². The molecule has 3 aromatic carbocycles. The number of fused-ring (bicyclic) bond motifs is 5. The molecule has 1 aromatic heterocycles. The first-order chi connectivity index (χ1) is 18.0. The van der Waals surface area contributed by atoms with E-state index in [0.29, 0.717) is 11.9 Å². The Kier molecular flexibility index (Phi) is 7.45. The van der Waals surface area contributed by atoms with Gasteiger partial charge in [-0.15, -0.1) is 0 Å². The quantitative estimate of drug-likeness (QED) is 0.136. The van der Waals surface area contributed by atoms with Gasteiger partial charge in [-0.1, -0.05) is 80.4 Å². The third-order valence-corrected chi connectivity index (χ3v) is 6.45. The summed E-state index contributed by atoms with van der Waals surface area (Å²) in [4.78, 5) is 24.3. The third kappa shape index (κ3) is 4.60. The summed E-state index contributed by atoms with van der Waals surface area (Å²) in [7, 11) is 0. The highest BCUT2D eigenvalue weighted by atomic mass is 16.1. The fourth-order valence-corrected chi connectivity index (χ4v) is 4.70. The number of aldehydes is 1. The summed E-state index contributed by atoms with van der Waals surface area (Å²) in [6.07, 6.45) is 13.2. The van der Waals surface area contributed by atoms with Crippen LogP contribution in [-0.4, -0.2) is 16.6 Å². The van der Waals surface area contributed by atoms with Gasteiger partial charge in [-0.25, -0.2) is 0 Å². The number of hydrogen-bond donors (Lipinski definition) is 0. The zero-order valence-electron chi connectivity index (χ0n) is 21.2. The van der Waals surface area contributed by atoms with Crippen molar-refractivity contribution in [2.75, 3.05) is 0 Å². The molecule has 182 valence electrons. The maximum atomic E-state index is 13.0. The van der Waals surface area contributed by atoms with Crippen LogP contribution in [0.3, 0.4) is 0 Å². The maximum absolute atomic E-state index is 13.0. The van der Waals surface area contributed by atoms with Crippen LogP contribution in [0.4, 0.5) is 0 Å². The Morgan fingerprint density at radius 2 is 1.68 bits per heavy atom. The van der Waals surface area contributed by atoms with Gasteiger partial charge in [0.25, 0.3) is 0 Å². The van der Waals surface area contributed by atoms with Crippen LogP contribution >= 0.6 is 0 Å². The lowest BCUT2D eigenvalue weighted by Gasteiger charge is -2.09. The first-order valence-corrected chi connectivity index (χ1v) is 12.1. The van der Waals surface area contributed by atoms with Crippen LogP contribution in [0.2, 0.25) is 0 Å². The van der Waals surface area contributed by atoms with Crippen LogP contribution in [0.1, 0.15) is 19.4 Å². The number of allylic oxidation sites excluding steroid dienone is 10. The Bertz CT molecular complexity index is 1710. The van der Waals surface area contributed by atoms with Gasteiger partial charge in [0, 0.05) is 27.6 Å². The van der Waals surface area contributed by atoms with Crippen molar-refractivity contribution in [3.8, 4) is 0 Å². The predicted molar refractivity (Wildman–Crippen MR) is 158 cm³/mol. The van der Waals surface area contributed by atoms with Gasteiger partial charge in [-0.2, -0.15) is 0 Å². The Morgan fingerprint density at radius 3 is 2.35 bits per heavy atom. The van der Waals surface area contributed by atoms with Crippen LogP contribution in [-0.2, 0) is 9.59 Å². The van der Waals surface area contributed by atoms with Crippen molar-refractivity contribution in [1.29, 1.82) is 0 Å². The number of aromatic nitrogens is 1. The molecule has 1 heterocycles. The second-order valence-electron chi connectivity index (χ2n) is 8.67. The molecule has 3 heteroatoms. The minimum absolute atomic E-state index is 0.229. The average Bonchev–Trinajstić information content (AvgIpc) is 3.26. The van der Waals surface area contributed by atoms with Crippen LogP contribution < -0.4 is 0 Å². The SMILES string of the molecule is C=C/C(C=O)=C(\C=C)C(=O)C(C)=Cc1ccc2c(ccc3c2c2ccccc2n3/C(C=C)=C/C=C\C)c1. The third-order valence-electron chi connectivity index (χ3n) is 6.45. The first-order valence-electron chi connectivity index (χ1n) is 12.1. The van der Waals surface area contributed by atoms with Gasteiger partial charge < -0.3 is 4.57 Å². The molecule has 0 bridgehead atoms. The molecular formula is C34H29NO2. The van der Waals surface area contributed by atoms with E-state index >= 15 is 0 Å². The highest BCUT2D eigenvalue weighted by molar-refractivity contribution is 6.22. The van der Waals surface area contributed by atoms with E-state index < -0.39 is 0 Å². The lowest BCUT2D eigenvalue weighted by Crippen LogP contribution is -2.05. The van der Waals surface area contributed by atoms with E-state index in [1.807, 2.05) is 43.4 Å². The van der Waals surface area contributed by atoms with Crippen molar-refractivity contribution >= 4 is 56.4 Å². The molecule has 0 N–H and O–H groups in total. The fraction of sp³-hybridized carbons (Fsp3) is 0.0588. The lowest BCUT2D eigenvalue weighted by molar-refractivity contribution is -0.112. The van der Waals surface area contributed by atoms with Crippen LogP contribution in [0, 0.1) is 0 Å². The largest absolute Gasteiger partial charge is 0.309 e. The number of para-hydroxylation sites is 1. The van der Waals surface area contributed by atoms with E-state index in [0.717, 1.165) is 38.5 Å². The number of Topliss-reactive ketones (excluding diaryl/α,β-unsaturated/α-hetero) is 1. The minimum atomic E-state index is -0.250. The molecule has 0 unspecified atom stereocenters. The summed E-state index contributed by atoms with van der Waals surface area (Å²) in [6.45, 7) is 15.1. The molecule has 37 heavy (non-hydrogen) atoms. The Morgan fingerprint density at radius 1 is 0.892 bits per heavy atom. The molecule has 0 spiro atoms. The molecule has 0 aliphatic carbocycles. The zero-order valence-corrected chi connectivity index (χ0v) is 21.2. The van der Waals surface area contributed by atoms with Gasteiger partial charge in [0.1, 0.15) is 0 Å². The summed E-state index contributed by atoms with van der Waals surface area (Å²) >= 11 is 0. The number of benzene rings is 3. The van der Waals surface area contributed by atoms with Gasteiger partial charge >= 0.3 is 0 Å². The number of nitrogens with zero attached hydrogens (tertiary/aromatic N) is 1. The van der Waals surface area contributed by atoms with Crippen molar-refractivity contribution < 1.29 is 9.59 Å². The van der Waals surface area contributed by atoms with E-state index in [4.69, 9.17) is 0 Å². The second-order valence-corrected chi connectivity index (χ2v) is 8.67. The second kappa shape index (κ2) is 10.9. The molecule has 0 fully saturated rings. The summed E-state index contributed by atoms with van der Waals surface area (Å²) in [6, 6.07) is 18.8. The van der Waals surface area contributed by atoms with Crippen molar-refractivity contribution in [1.82, 2.24) is 4.57 Å². The maximum Gasteiger partial charge on any atom is 0.189 e. The van der Waals surface area contributed by atoms with Gasteiger partial charge in [0.15, 0.2) is 12.1 Å². The standard InChI is InChI=1S/C34H29NO2/c1-6-10-13-27(8-3)35-31-15-12-11-14-30(31)33-29-18-16-24(21-26(29)17-19-32(33)35)20-23(5)34(37)28(9-4)25(7-2)22-36/h6-22H,2-4H2,1,5H3/b10-6-,23-20?,27-13+,28-25-. The van der Waals surface area contributed by atoms with Gasteiger partial charge in [-0.05, 0) is 72.2 Å². The minimum Gasteiger partial charge on any atom is -0.309 e. The fourth-order valence-electron chi connectivity index (χ4n) is 4.70. The van der Waals surface area contributed by atoms with Crippen molar-refractivity contribution in [2.24, 2.45) is 0 Å². The van der Waals surface area contributed by atoms with Crippen molar-refractivity contribution in [3.05, 3.63) is 133 Å². The average molecular weight is 484 g/mol. The van der Waals surface area contributed by atoms with Gasteiger partial charge in [0.05, 0.1) is 11.0 Å². The summed E-state index contributed by atoms with van der Waals surface area (Å²) in [5, 5.41) is 4.53. The molecule has 0 atom stereocenters. The summed E-state index contributed by atoms with van der Waals surface area (Å²) in [5.74, 6) is -0.250. The number of carbonyl (C=O) groups excluding carboxylic acids is 2. The molecule has 4 rings (SSSR count). The number of carbonyl (C=O) groups is 2. The number of ketones is 1. The number of rotatable bonds is 9. The topological polar surface area (TPSA) is 39.1 Å². The number of hydrogen-bond acceptors (Lipinski definition) is 2. The normalized spacial score (nSPS) is 13.2. The first kappa shape index (κ1) is 25.3. The van der Waals surface area contributed by atoms with Gasteiger partial charge in [0.2, 0.25) is 0 Å². The zero-order chi connectivity index (χ0) is 26.5. The van der Waals surface area contributed by atoms with E-state index in [2.05, 4.69) is 72.8 Å². The smallest absolute Gasteiger partial charge is 0.189 e. The van der Waals surface area contributed by atoms with Crippen LogP contribution in [0.15, 0.2) is 128 Å². The molecule has 4 aromatic rings. The predicted octanol–water partition coefficient (Wildman–Crippen LogP) is 8.39. The molecule has 0 radical (unpaired) electrons. The van der Waals surface area contributed by atoms with Crippen LogP contribution in [0.25, 0.3) is 44.4 Å². The summed E-state index contributed by atoms with van der Waals surface area (Å²) < 4.78 is 2.24. The molecule has 3 nitrogen and oxygen atoms in total. The summed E-state index contributed by atoms with van der Waals surface area (Å²) in [5.41, 5.74) is 5.10. The van der Waals surface area contributed by atoms with E-state index in [1.165, 1.54) is 17.5 Å². The van der Waals surface area contributed by atoms with E-state index in [1.54, 1.807) is 6.92 Å². The van der Waals surface area contributed by atoms with Crippen molar-refractivity contribution in [3.63, 3.8) is 0 Å². The highest BCUT2D eigenvalue weighted by Crippen LogP contribution is 2.37. The molecule has 0 amide bonds. The molecule has 0 aliphatic rings.